The number of halogens is 1. The van der Waals surface area contributed by atoms with Gasteiger partial charge in [0.15, 0.2) is 0 Å². The first-order valence-electron chi connectivity index (χ1n) is 9.84. The monoisotopic (exact) mass is 436 g/mol. The van der Waals surface area contributed by atoms with Crippen LogP contribution in [-0.2, 0) is 10.0 Å². The maximum absolute atomic E-state index is 13.3. The molecule has 0 bridgehead atoms. The molecule has 0 aliphatic carbocycles. The number of sulfonamides is 1. The summed E-state index contributed by atoms with van der Waals surface area (Å²) in [5.41, 5.74) is 3.08. The van der Waals surface area contributed by atoms with E-state index in [1.165, 1.54) is 18.2 Å². The van der Waals surface area contributed by atoms with Gasteiger partial charge in [-0.2, -0.15) is 9.57 Å². The summed E-state index contributed by atoms with van der Waals surface area (Å²) in [6.07, 6.45) is 0. The number of aliphatic hydroxyl groups is 1. The molecule has 0 unspecified atom stereocenters. The summed E-state index contributed by atoms with van der Waals surface area (Å²) in [7, 11) is -3.94. The van der Waals surface area contributed by atoms with Crippen molar-refractivity contribution in [2.45, 2.75) is 29.8 Å². The van der Waals surface area contributed by atoms with Gasteiger partial charge in [0, 0.05) is 5.92 Å². The van der Waals surface area contributed by atoms with Crippen LogP contribution in [0.15, 0.2) is 77.7 Å². The summed E-state index contributed by atoms with van der Waals surface area (Å²) in [4.78, 5) is 0.138. The van der Waals surface area contributed by atoms with E-state index in [0.29, 0.717) is 5.56 Å². The smallest absolute Gasteiger partial charge is 0.244 e. The molecule has 1 fully saturated rings. The minimum absolute atomic E-state index is 0.138. The largest absolute Gasteiger partial charge is 0.395 e. The first kappa shape index (κ1) is 21.2. The lowest BCUT2D eigenvalue weighted by atomic mass is 9.78. The number of nitriles is 1. The van der Waals surface area contributed by atoms with E-state index >= 15 is 0 Å². The third kappa shape index (κ3) is 3.63. The predicted octanol–water partition coefficient (Wildman–Crippen LogP) is 3.84. The van der Waals surface area contributed by atoms with Crippen LogP contribution in [0.25, 0.3) is 11.1 Å². The van der Waals surface area contributed by atoms with Gasteiger partial charge in [0.05, 0.1) is 23.6 Å². The predicted molar refractivity (Wildman–Crippen MR) is 115 cm³/mol. The lowest BCUT2D eigenvalue weighted by Gasteiger charge is -2.50. The number of hydrogen-bond acceptors (Lipinski definition) is 4. The van der Waals surface area contributed by atoms with E-state index in [-0.39, 0.29) is 10.7 Å². The molecule has 1 saturated heterocycles. The van der Waals surface area contributed by atoms with Crippen LogP contribution in [0.1, 0.15) is 17.0 Å². The molecule has 5 nitrogen and oxygen atoms in total. The lowest BCUT2D eigenvalue weighted by molar-refractivity contribution is 0.0556. The number of benzene rings is 3. The molecule has 3 aromatic carbocycles. The van der Waals surface area contributed by atoms with Crippen LogP contribution in [0.3, 0.4) is 0 Å². The fourth-order valence-corrected chi connectivity index (χ4v) is 6.18. The van der Waals surface area contributed by atoms with Gasteiger partial charge < -0.3 is 5.11 Å². The first-order valence-corrected chi connectivity index (χ1v) is 11.3. The molecule has 158 valence electrons. The Balaban J connectivity index is 1.65. The minimum Gasteiger partial charge on any atom is -0.395 e. The molecule has 3 aromatic rings. The molecule has 4 rings (SSSR count). The summed E-state index contributed by atoms with van der Waals surface area (Å²) in [6.45, 7) is 1.31. The van der Waals surface area contributed by atoms with E-state index in [4.69, 9.17) is 0 Å². The Morgan fingerprint density at radius 2 is 1.58 bits per heavy atom. The molecule has 3 atom stereocenters. The zero-order valence-electron chi connectivity index (χ0n) is 16.8. The third-order valence-corrected chi connectivity index (χ3v) is 7.86. The van der Waals surface area contributed by atoms with E-state index in [9.17, 15) is 23.2 Å². The Bertz CT molecular complexity index is 1240. The highest BCUT2D eigenvalue weighted by molar-refractivity contribution is 7.89. The average Bonchev–Trinajstić information content (AvgIpc) is 2.75. The number of nitrogens with zero attached hydrogens (tertiary/aromatic N) is 2. The maximum atomic E-state index is 13.3. The molecule has 1 aliphatic rings. The van der Waals surface area contributed by atoms with Gasteiger partial charge in [-0.25, -0.2) is 12.8 Å². The molecule has 1 N–H and O–H groups in total. The molecular formula is C24H21FN2O3S. The summed E-state index contributed by atoms with van der Waals surface area (Å²) in [5, 5.41) is 19.8. The van der Waals surface area contributed by atoms with Gasteiger partial charge in [-0.05, 0) is 47.4 Å². The second-order valence-electron chi connectivity index (χ2n) is 7.58. The van der Waals surface area contributed by atoms with E-state index in [1.807, 2.05) is 24.3 Å². The van der Waals surface area contributed by atoms with Crippen LogP contribution in [0, 0.1) is 24.1 Å². The van der Waals surface area contributed by atoms with Gasteiger partial charge in [-0.3, -0.25) is 0 Å². The van der Waals surface area contributed by atoms with Gasteiger partial charge in [-0.15, -0.1) is 0 Å². The van der Waals surface area contributed by atoms with Crippen molar-refractivity contribution in [2.75, 3.05) is 6.61 Å². The average molecular weight is 437 g/mol. The second kappa shape index (κ2) is 8.23. The zero-order chi connectivity index (χ0) is 22.2. The molecule has 1 aliphatic heterocycles. The Morgan fingerprint density at radius 3 is 2.13 bits per heavy atom. The highest BCUT2D eigenvalue weighted by Gasteiger charge is 2.55. The maximum Gasteiger partial charge on any atom is 0.244 e. The number of rotatable bonds is 5. The van der Waals surface area contributed by atoms with Crippen molar-refractivity contribution in [2.24, 2.45) is 0 Å². The molecular weight excluding hydrogens is 415 g/mol. The Kier molecular flexibility index (Phi) is 5.63. The summed E-state index contributed by atoms with van der Waals surface area (Å²) >= 11 is 0. The third-order valence-electron chi connectivity index (χ3n) is 5.80. The van der Waals surface area contributed by atoms with Crippen LogP contribution in [0.2, 0.25) is 0 Å². The van der Waals surface area contributed by atoms with Gasteiger partial charge >= 0.3 is 0 Å². The van der Waals surface area contributed by atoms with Gasteiger partial charge in [0.1, 0.15) is 11.9 Å². The molecule has 0 saturated carbocycles. The number of aryl methyl sites for hydroxylation is 1. The Morgan fingerprint density at radius 1 is 1.00 bits per heavy atom. The summed E-state index contributed by atoms with van der Waals surface area (Å²) in [6, 6.07) is 20.6. The first-order chi connectivity index (χ1) is 14.9. The van der Waals surface area contributed by atoms with Crippen molar-refractivity contribution in [3.05, 3.63) is 89.7 Å². The minimum atomic E-state index is -3.94. The molecule has 0 aromatic heterocycles. The summed E-state index contributed by atoms with van der Waals surface area (Å²) in [5.74, 6) is -0.761. The highest BCUT2D eigenvalue weighted by atomic mass is 32.2. The van der Waals surface area contributed by atoms with Gasteiger partial charge in [-0.1, -0.05) is 54.6 Å². The van der Waals surface area contributed by atoms with E-state index in [2.05, 4.69) is 6.07 Å². The van der Waals surface area contributed by atoms with Crippen molar-refractivity contribution in [3.8, 4) is 17.2 Å². The standard InChI is InChI=1S/C24H21FN2O3S/c1-16-4-2-3-5-23(16)31(29,30)27-21(14-26)24(22(27)15-28)19-8-6-17(7-9-19)18-10-12-20(25)13-11-18/h2-13,21-22,24,28H,15H2,1H3/t21-,22+,24-/m1/s1. The number of hydrogen-bond donors (Lipinski definition) is 1. The van der Waals surface area contributed by atoms with Crippen molar-refractivity contribution >= 4 is 10.0 Å². The van der Waals surface area contributed by atoms with E-state index < -0.39 is 34.6 Å². The van der Waals surface area contributed by atoms with E-state index in [0.717, 1.165) is 21.0 Å². The van der Waals surface area contributed by atoms with Crippen LogP contribution < -0.4 is 0 Å². The SMILES string of the molecule is Cc1ccccc1S(=O)(=O)N1[C@H](C#N)[C@@H](c2ccc(-c3ccc(F)cc3)cc2)[C@@H]1CO. The quantitative estimate of drug-likeness (QED) is 0.659. The zero-order valence-corrected chi connectivity index (χ0v) is 17.6. The van der Waals surface area contributed by atoms with Crippen molar-refractivity contribution in [3.63, 3.8) is 0 Å². The molecule has 31 heavy (non-hydrogen) atoms. The number of aliphatic hydroxyl groups excluding tert-OH is 1. The van der Waals surface area contributed by atoms with Crippen LogP contribution in [0.4, 0.5) is 4.39 Å². The molecule has 1 heterocycles. The van der Waals surface area contributed by atoms with Gasteiger partial charge in [0.2, 0.25) is 10.0 Å². The molecule has 0 radical (unpaired) electrons. The Labute approximate surface area is 181 Å². The van der Waals surface area contributed by atoms with Crippen LogP contribution >= 0.6 is 0 Å². The molecule has 7 heteroatoms. The van der Waals surface area contributed by atoms with Crippen molar-refractivity contribution < 1.29 is 17.9 Å². The molecule has 0 spiro atoms. The second-order valence-corrected chi connectivity index (χ2v) is 9.39. The topological polar surface area (TPSA) is 81.4 Å². The van der Waals surface area contributed by atoms with Crippen LogP contribution in [0.5, 0.6) is 0 Å². The fourth-order valence-electron chi connectivity index (χ4n) is 4.19. The summed E-state index contributed by atoms with van der Waals surface area (Å²) < 4.78 is 40.8. The van der Waals surface area contributed by atoms with Crippen LogP contribution in [-0.4, -0.2) is 36.5 Å². The highest BCUT2D eigenvalue weighted by Crippen LogP contribution is 2.44. The van der Waals surface area contributed by atoms with Gasteiger partial charge in [0.25, 0.3) is 0 Å². The fraction of sp³-hybridized carbons (Fsp3) is 0.208. The van der Waals surface area contributed by atoms with E-state index in [1.54, 1.807) is 37.3 Å². The van der Waals surface area contributed by atoms with Crippen molar-refractivity contribution in [1.82, 2.24) is 4.31 Å². The lowest BCUT2D eigenvalue weighted by Crippen LogP contribution is -2.65. The molecule has 0 amide bonds. The normalized spacial score (nSPS) is 21.3. The Hall–Kier alpha value is -3.05. The van der Waals surface area contributed by atoms with Crippen molar-refractivity contribution in [1.29, 1.82) is 5.26 Å².